The van der Waals surface area contributed by atoms with Crippen LogP contribution in [0.4, 0.5) is 0 Å². The van der Waals surface area contributed by atoms with E-state index in [-0.39, 0.29) is 0 Å². The van der Waals surface area contributed by atoms with E-state index in [2.05, 4.69) is 68.2 Å². The van der Waals surface area contributed by atoms with Gasteiger partial charge in [-0.25, -0.2) is 0 Å². The van der Waals surface area contributed by atoms with Crippen LogP contribution in [-0.4, -0.2) is 31.1 Å². The molecule has 0 amide bonds. The monoisotopic (exact) mass is 276 g/mol. The number of likely N-dealkylation sites (N-methyl/N-ethyl adjacent to an activating group) is 2. The molecule has 0 aliphatic rings. The molecule has 2 nitrogen and oxygen atoms in total. The fraction of sp³-hybridized carbons (Fsp3) is 0.667. The topological polar surface area (TPSA) is 15.3 Å². The van der Waals surface area contributed by atoms with Gasteiger partial charge < -0.3 is 5.32 Å². The van der Waals surface area contributed by atoms with Crippen LogP contribution in [-0.2, 0) is 0 Å². The number of hydrogen-bond donors (Lipinski definition) is 1. The molecular formula is C18H32N2. The van der Waals surface area contributed by atoms with Crippen molar-refractivity contribution in [1.82, 2.24) is 10.2 Å². The van der Waals surface area contributed by atoms with Crippen molar-refractivity contribution in [2.75, 3.05) is 26.2 Å². The van der Waals surface area contributed by atoms with Crippen LogP contribution in [0.25, 0.3) is 0 Å². The number of nitrogens with one attached hydrogen (secondary N) is 1. The second-order valence-corrected chi connectivity index (χ2v) is 5.50. The summed E-state index contributed by atoms with van der Waals surface area (Å²) >= 11 is 0. The molecule has 0 aliphatic heterocycles. The maximum Gasteiger partial charge on any atom is 0.0472 e. The Morgan fingerprint density at radius 1 is 1.00 bits per heavy atom. The molecule has 114 valence electrons. The minimum Gasteiger partial charge on any atom is -0.315 e. The van der Waals surface area contributed by atoms with E-state index in [0.717, 1.165) is 25.6 Å². The smallest absolute Gasteiger partial charge is 0.0472 e. The number of hydrogen-bond acceptors (Lipinski definition) is 2. The molecule has 0 bridgehead atoms. The maximum absolute atomic E-state index is 3.53. The van der Waals surface area contributed by atoms with E-state index in [1.165, 1.54) is 24.9 Å². The van der Waals surface area contributed by atoms with Gasteiger partial charge in [-0.3, -0.25) is 4.90 Å². The van der Waals surface area contributed by atoms with E-state index in [9.17, 15) is 0 Å². The highest BCUT2D eigenvalue weighted by atomic mass is 15.2. The van der Waals surface area contributed by atoms with Crippen LogP contribution in [0.15, 0.2) is 30.3 Å². The first kappa shape index (κ1) is 17.2. The Bertz CT molecular complexity index is 333. The van der Waals surface area contributed by atoms with Crippen LogP contribution in [0.2, 0.25) is 0 Å². The van der Waals surface area contributed by atoms with Gasteiger partial charge in [-0.1, -0.05) is 70.9 Å². The molecule has 0 spiro atoms. The third-order valence-corrected chi connectivity index (χ3v) is 4.27. The lowest BCUT2D eigenvalue weighted by atomic mass is 9.99. The van der Waals surface area contributed by atoms with Gasteiger partial charge in [0.05, 0.1) is 0 Å². The molecule has 1 unspecified atom stereocenters. The van der Waals surface area contributed by atoms with Gasteiger partial charge in [-0.15, -0.1) is 0 Å². The van der Waals surface area contributed by atoms with Crippen LogP contribution in [0.5, 0.6) is 0 Å². The lowest BCUT2D eigenvalue weighted by Gasteiger charge is -2.34. The van der Waals surface area contributed by atoms with Crippen molar-refractivity contribution < 1.29 is 0 Å². The first-order valence-corrected chi connectivity index (χ1v) is 8.26. The lowest BCUT2D eigenvalue weighted by molar-refractivity contribution is 0.167. The van der Waals surface area contributed by atoms with Crippen LogP contribution in [0.1, 0.15) is 52.1 Å². The lowest BCUT2D eigenvalue weighted by Crippen LogP contribution is -2.38. The highest BCUT2D eigenvalue weighted by molar-refractivity contribution is 5.19. The highest BCUT2D eigenvalue weighted by Crippen LogP contribution is 2.22. The molecule has 0 heterocycles. The zero-order valence-corrected chi connectivity index (χ0v) is 13.7. The van der Waals surface area contributed by atoms with Crippen molar-refractivity contribution in [2.45, 2.75) is 46.6 Å². The van der Waals surface area contributed by atoms with Gasteiger partial charge in [-0.2, -0.15) is 0 Å². The maximum atomic E-state index is 3.53. The van der Waals surface area contributed by atoms with Gasteiger partial charge in [-0.05, 0) is 24.6 Å². The Hall–Kier alpha value is -0.860. The summed E-state index contributed by atoms with van der Waals surface area (Å²) in [7, 11) is 0. The quantitative estimate of drug-likeness (QED) is 0.692. The summed E-state index contributed by atoms with van der Waals surface area (Å²) in [6, 6.07) is 11.4. The van der Waals surface area contributed by atoms with E-state index in [0.29, 0.717) is 6.04 Å². The van der Waals surface area contributed by atoms with Crippen LogP contribution in [0, 0.1) is 5.92 Å². The third-order valence-electron chi connectivity index (χ3n) is 4.27. The zero-order chi connectivity index (χ0) is 14.8. The Labute approximate surface area is 125 Å². The molecule has 1 atom stereocenters. The van der Waals surface area contributed by atoms with E-state index in [4.69, 9.17) is 0 Å². The molecule has 0 saturated carbocycles. The first-order valence-electron chi connectivity index (χ1n) is 8.26. The molecular weight excluding hydrogens is 244 g/mol. The molecule has 0 aliphatic carbocycles. The van der Waals surface area contributed by atoms with E-state index < -0.39 is 0 Å². The number of rotatable bonds is 10. The molecule has 1 aromatic rings. The summed E-state index contributed by atoms with van der Waals surface area (Å²) in [5, 5.41) is 3.53. The molecule has 0 radical (unpaired) electrons. The second-order valence-electron chi connectivity index (χ2n) is 5.50. The van der Waals surface area contributed by atoms with E-state index >= 15 is 0 Å². The first-order chi connectivity index (χ1) is 9.76. The molecule has 0 fully saturated rings. The SMILES string of the molecule is CCNCC(c1ccccc1)N(CC)CC(CC)CC. The van der Waals surface area contributed by atoms with Crippen molar-refractivity contribution in [2.24, 2.45) is 5.92 Å². The fourth-order valence-corrected chi connectivity index (χ4v) is 2.77. The fourth-order valence-electron chi connectivity index (χ4n) is 2.77. The van der Waals surface area contributed by atoms with Gasteiger partial charge >= 0.3 is 0 Å². The zero-order valence-electron chi connectivity index (χ0n) is 13.7. The average Bonchev–Trinajstić information content (AvgIpc) is 2.51. The van der Waals surface area contributed by atoms with Gasteiger partial charge in [0.15, 0.2) is 0 Å². The molecule has 2 heteroatoms. The van der Waals surface area contributed by atoms with Gasteiger partial charge in [0.25, 0.3) is 0 Å². The van der Waals surface area contributed by atoms with Crippen molar-refractivity contribution in [3.63, 3.8) is 0 Å². The largest absolute Gasteiger partial charge is 0.315 e. The normalized spacial score (nSPS) is 13.1. The average molecular weight is 276 g/mol. The van der Waals surface area contributed by atoms with Gasteiger partial charge in [0, 0.05) is 19.1 Å². The molecule has 20 heavy (non-hydrogen) atoms. The summed E-state index contributed by atoms with van der Waals surface area (Å²) < 4.78 is 0. The van der Waals surface area contributed by atoms with Gasteiger partial charge in [0.2, 0.25) is 0 Å². The summed E-state index contributed by atoms with van der Waals surface area (Å²) in [6.45, 7) is 13.5. The number of nitrogens with zero attached hydrogens (tertiary/aromatic N) is 1. The summed E-state index contributed by atoms with van der Waals surface area (Å²) in [6.07, 6.45) is 2.55. The molecule has 0 aromatic heterocycles. The van der Waals surface area contributed by atoms with E-state index in [1.54, 1.807) is 0 Å². The standard InChI is InChI=1S/C18H32N2/c1-5-16(6-2)15-20(8-4)18(14-19-7-3)17-12-10-9-11-13-17/h9-13,16,18-19H,5-8,14-15H2,1-4H3. The molecule has 1 N–H and O–H groups in total. The van der Waals surface area contributed by atoms with E-state index in [1.807, 2.05) is 0 Å². The Balaban J connectivity index is 2.83. The predicted molar refractivity (Wildman–Crippen MR) is 89.0 cm³/mol. The van der Waals surface area contributed by atoms with Crippen molar-refractivity contribution >= 4 is 0 Å². The van der Waals surface area contributed by atoms with Crippen LogP contribution >= 0.6 is 0 Å². The molecule has 1 aromatic carbocycles. The summed E-state index contributed by atoms with van der Waals surface area (Å²) in [5.74, 6) is 0.808. The van der Waals surface area contributed by atoms with Crippen molar-refractivity contribution in [1.29, 1.82) is 0 Å². The minimum atomic E-state index is 0.488. The minimum absolute atomic E-state index is 0.488. The van der Waals surface area contributed by atoms with Crippen LogP contribution < -0.4 is 5.32 Å². The van der Waals surface area contributed by atoms with Crippen molar-refractivity contribution in [3.05, 3.63) is 35.9 Å². The third kappa shape index (κ3) is 5.26. The van der Waals surface area contributed by atoms with Crippen molar-refractivity contribution in [3.8, 4) is 0 Å². The predicted octanol–water partition coefficient (Wildman–Crippen LogP) is 4.10. The summed E-state index contributed by atoms with van der Waals surface area (Å²) in [5.41, 5.74) is 1.43. The molecule has 1 rings (SSSR count). The van der Waals surface area contributed by atoms with Crippen LogP contribution in [0.3, 0.4) is 0 Å². The Kier molecular flexibility index (Phi) is 8.56. The second kappa shape index (κ2) is 9.95. The molecule has 0 saturated heterocycles. The Morgan fingerprint density at radius 3 is 2.15 bits per heavy atom. The number of benzene rings is 1. The van der Waals surface area contributed by atoms with Gasteiger partial charge in [0.1, 0.15) is 0 Å². The summed E-state index contributed by atoms with van der Waals surface area (Å²) in [4.78, 5) is 2.63. The Morgan fingerprint density at radius 2 is 1.65 bits per heavy atom. The highest BCUT2D eigenvalue weighted by Gasteiger charge is 2.20.